The van der Waals surface area contributed by atoms with Crippen molar-refractivity contribution in [2.75, 3.05) is 0 Å². The maximum atomic E-state index is 12.5. The molecule has 4 rings (SSSR count). The Kier molecular flexibility index (Phi) is 6.51. The van der Waals surface area contributed by atoms with Crippen LogP contribution in [0.25, 0.3) is 22.2 Å². The van der Waals surface area contributed by atoms with E-state index < -0.39 is 17.7 Å². The van der Waals surface area contributed by atoms with E-state index in [4.69, 9.17) is 21.3 Å². The number of hydrogen-bond acceptors (Lipinski definition) is 4. The number of halogens is 1. The Morgan fingerprint density at radius 2 is 1.80 bits per heavy atom. The van der Waals surface area contributed by atoms with Crippen molar-refractivity contribution in [1.82, 2.24) is 19.3 Å². The SMILES string of the molecule is Cc1nc2c(c(C)c(C)n2Cc2ccn(C)n2)c(-c2ccc(Cl)cc2)c1[C@H](OC(C)(C)C)C(=O)O. The number of benzene rings is 1. The van der Waals surface area contributed by atoms with Crippen LogP contribution in [0.2, 0.25) is 5.02 Å². The molecule has 3 heterocycles. The highest BCUT2D eigenvalue weighted by atomic mass is 35.5. The first-order chi connectivity index (χ1) is 16.4. The number of aromatic nitrogens is 4. The fourth-order valence-corrected chi connectivity index (χ4v) is 4.65. The lowest BCUT2D eigenvalue weighted by Gasteiger charge is -2.28. The highest BCUT2D eigenvalue weighted by molar-refractivity contribution is 6.30. The van der Waals surface area contributed by atoms with Crippen LogP contribution >= 0.6 is 11.6 Å². The van der Waals surface area contributed by atoms with Gasteiger partial charge in [0.2, 0.25) is 0 Å². The fourth-order valence-electron chi connectivity index (χ4n) is 4.52. The van der Waals surface area contributed by atoms with Crippen molar-refractivity contribution < 1.29 is 14.6 Å². The van der Waals surface area contributed by atoms with Gasteiger partial charge in [0, 0.05) is 46.2 Å². The number of ether oxygens (including phenoxy) is 1. The third kappa shape index (κ3) is 4.83. The number of hydrogen-bond donors (Lipinski definition) is 1. The maximum Gasteiger partial charge on any atom is 0.337 e. The van der Waals surface area contributed by atoms with Gasteiger partial charge >= 0.3 is 5.97 Å². The van der Waals surface area contributed by atoms with Gasteiger partial charge in [0.15, 0.2) is 6.10 Å². The summed E-state index contributed by atoms with van der Waals surface area (Å²) in [6.45, 7) is 12.1. The second-order valence-electron chi connectivity index (χ2n) is 9.92. The molecule has 0 aliphatic rings. The summed E-state index contributed by atoms with van der Waals surface area (Å²) < 4.78 is 10.0. The van der Waals surface area contributed by atoms with E-state index in [0.29, 0.717) is 22.8 Å². The highest BCUT2D eigenvalue weighted by Crippen LogP contribution is 2.42. The molecular formula is C27H31ClN4O3. The van der Waals surface area contributed by atoms with Crippen LogP contribution in [0.15, 0.2) is 36.5 Å². The molecule has 0 aliphatic heterocycles. The molecule has 0 aliphatic carbocycles. The summed E-state index contributed by atoms with van der Waals surface area (Å²) in [6, 6.07) is 9.45. The van der Waals surface area contributed by atoms with E-state index in [1.165, 1.54) is 0 Å². The summed E-state index contributed by atoms with van der Waals surface area (Å²) in [5, 5.41) is 16.3. The lowest BCUT2D eigenvalue weighted by Crippen LogP contribution is -2.28. The van der Waals surface area contributed by atoms with E-state index >= 15 is 0 Å². The van der Waals surface area contributed by atoms with Gasteiger partial charge in [-0.25, -0.2) is 9.78 Å². The predicted octanol–water partition coefficient (Wildman–Crippen LogP) is 6.00. The van der Waals surface area contributed by atoms with Gasteiger partial charge in [-0.1, -0.05) is 23.7 Å². The number of nitrogens with zero attached hydrogens (tertiary/aromatic N) is 4. The summed E-state index contributed by atoms with van der Waals surface area (Å²) in [5.74, 6) is -1.05. The van der Waals surface area contributed by atoms with Crippen LogP contribution in [0.5, 0.6) is 0 Å². The van der Waals surface area contributed by atoms with Crippen molar-refractivity contribution in [1.29, 1.82) is 0 Å². The van der Waals surface area contributed by atoms with Crippen molar-refractivity contribution >= 4 is 28.6 Å². The Hall–Kier alpha value is -3.16. The molecule has 1 atom stereocenters. The van der Waals surface area contributed by atoms with E-state index in [1.807, 2.05) is 78.2 Å². The van der Waals surface area contributed by atoms with Crippen molar-refractivity contribution in [3.8, 4) is 11.1 Å². The Balaban J connectivity index is 2.07. The Morgan fingerprint density at radius 1 is 1.14 bits per heavy atom. The van der Waals surface area contributed by atoms with Gasteiger partial charge in [-0.05, 0) is 70.9 Å². The van der Waals surface area contributed by atoms with Gasteiger partial charge in [0.25, 0.3) is 0 Å². The van der Waals surface area contributed by atoms with E-state index in [0.717, 1.165) is 39.1 Å². The highest BCUT2D eigenvalue weighted by Gasteiger charge is 2.33. The second kappa shape index (κ2) is 9.13. The lowest BCUT2D eigenvalue weighted by atomic mass is 9.91. The van der Waals surface area contributed by atoms with Crippen LogP contribution in [0.4, 0.5) is 0 Å². The minimum absolute atomic E-state index is 0.556. The van der Waals surface area contributed by atoms with Crippen molar-refractivity contribution in [3.05, 3.63) is 69.8 Å². The normalized spacial score (nSPS) is 12.9. The average Bonchev–Trinajstić information content (AvgIpc) is 3.28. The zero-order valence-corrected chi connectivity index (χ0v) is 21.9. The first-order valence-corrected chi connectivity index (χ1v) is 11.9. The molecule has 184 valence electrons. The van der Waals surface area contributed by atoms with Gasteiger partial charge in [-0.2, -0.15) is 5.10 Å². The standard InChI is InChI=1S/C27H31ClN4O3/c1-15-17(3)32(14-20-12-13-31(7)30-20)25-21(15)23(18-8-10-19(28)11-9-18)22(16(2)29-25)24(26(33)34)35-27(4,5)6/h8-13,24H,14H2,1-7H3,(H,33,34)/t24-/m0/s1. The molecule has 3 aromatic heterocycles. The zero-order valence-electron chi connectivity index (χ0n) is 21.2. The maximum absolute atomic E-state index is 12.5. The van der Waals surface area contributed by atoms with Gasteiger partial charge in [-0.3, -0.25) is 4.68 Å². The van der Waals surface area contributed by atoms with Gasteiger partial charge in [0.05, 0.1) is 17.8 Å². The monoisotopic (exact) mass is 494 g/mol. The van der Waals surface area contributed by atoms with Crippen LogP contribution in [-0.2, 0) is 23.1 Å². The third-order valence-electron chi connectivity index (χ3n) is 6.16. The summed E-state index contributed by atoms with van der Waals surface area (Å²) in [6.07, 6.45) is 0.733. The zero-order chi connectivity index (χ0) is 25.7. The molecule has 0 amide bonds. The third-order valence-corrected chi connectivity index (χ3v) is 6.42. The van der Waals surface area contributed by atoms with Crippen LogP contribution in [-0.4, -0.2) is 36.0 Å². The smallest absolute Gasteiger partial charge is 0.337 e. The Labute approximate surface area is 210 Å². The van der Waals surface area contributed by atoms with E-state index in [9.17, 15) is 9.90 Å². The summed E-state index contributed by atoms with van der Waals surface area (Å²) in [7, 11) is 1.89. The number of aryl methyl sites for hydroxylation is 3. The van der Waals surface area contributed by atoms with Crippen molar-refractivity contribution in [3.63, 3.8) is 0 Å². The minimum Gasteiger partial charge on any atom is -0.479 e. The Morgan fingerprint density at radius 3 is 2.34 bits per heavy atom. The van der Waals surface area contributed by atoms with E-state index in [2.05, 4.69) is 16.6 Å². The molecule has 0 spiro atoms. The van der Waals surface area contributed by atoms with E-state index in [1.54, 1.807) is 4.68 Å². The molecule has 0 unspecified atom stereocenters. The molecule has 35 heavy (non-hydrogen) atoms. The number of carbonyl (C=O) groups is 1. The number of fused-ring (bicyclic) bond motifs is 1. The lowest BCUT2D eigenvalue weighted by molar-refractivity contribution is -0.160. The summed E-state index contributed by atoms with van der Waals surface area (Å²) >= 11 is 6.20. The van der Waals surface area contributed by atoms with Crippen LogP contribution in [0.3, 0.4) is 0 Å². The largest absolute Gasteiger partial charge is 0.479 e. The van der Waals surface area contributed by atoms with Gasteiger partial charge in [-0.15, -0.1) is 0 Å². The number of pyridine rings is 1. The van der Waals surface area contributed by atoms with Crippen LogP contribution in [0.1, 0.15) is 55.1 Å². The van der Waals surface area contributed by atoms with E-state index in [-0.39, 0.29) is 0 Å². The predicted molar refractivity (Wildman–Crippen MR) is 138 cm³/mol. The van der Waals surface area contributed by atoms with Gasteiger partial charge in [0.1, 0.15) is 5.65 Å². The first-order valence-electron chi connectivity index (χ1n) is 11.5. The molecule has 4 aromatic rings. The minimum atomic E-state index is -1.18. The van der Waals surface area contributed by atoms with Crippen LogP contribution < -0.4 is 0 Å². The number of rotatable bonds is 6. The van der Waals surface area contributed by atoms with Gasteiger partial charge < -0.3 is 14.4 Å². The second-order valence-corrected chi connectivity index (χ2v) is 10.4. The number of carboxylic acid groups (broad SMARTS) is 1. The molecular weight excluding hydrogens is 464 g/mol. The van der Waals surface area contributed by atoms with Crippen molar-refractivity contribution in [2.45, 2.75) is 59.8 Å². The van der Waals surface area contributed by atoms with Crippen molar-refractivity contribution in [2.24, 2.45) is 7.05 Å². The first kappa shape index (κ1) is 24.9. The molecule has 0 bridgehead atoms. The molecule has 0 saturated carbocycles. The molecule has 1 aromatic carbocycles. The molecule has 0 radical (unpaired) electrons. The summed E-state index contributed by atoms with van der Waals surface area (Å²) in [5.41, 5.74) is 5.96. The average molecular weight is 495 g/mol. The summed E-state index contributed by atoms with van der Waals surface area (Å²) in [4.78, 5) is 17.5. The van der Waals surface area contributed by atoms with Crippen LogP contribution in [0, 0.1) is 20.8 Å². The fraction of sp³-hybridized carbons (Fsp3) is 0.370. The molecule has 0 fully saturated rings. The molecule has 7 nitrogen and oxygen atoms in total. The molecule has 0 saturated heterocycles. The number of aliphatic carboxylic acids is 1. The topological polar surface area (TPSA) is 82.2 Å². The Bertz CT molecular complexity index is 1410. The molecule has 1 N–H and O–H groups in total. The quantitative estimate of drug-likeness (QED) is 0.355. The molecule has 8 heteroatoms. The number of carboxylic acids is 1.